The molecule has 0 amide bonds. The molecule has 2 rings (SSSR count). The third kappa shape index (κ3) is 5.32. The molecule has 0 bridgehead atoms. The van der Waals surface area contributed by atoms with Crippen LogP contribution in [0.15, 0.2) is 12.3 Å². The number of nitrogens with one attached hydrogen (secondary N) is 1. The lowest BCUT2D eigenvalue weighted by Crippen LogP contribution is -2.39. The molecule has 1 aliphatic heterocycles. The number of nitrogens with zero attached hydrogens (tertiary/aromatic N) is 3. The molecular weight excluding hydrogens is 268 g/mol. The lowest BCUT2D eigenvalue weighted by molar-refractivity contribution is -0.0343. The molecule has 2 heterocycles. The third-order valence-electron chi connectivity index (χ3n) is 3.50. The standard InChI is InChI=1S/C15H26N4O2/c1-3-7-19-8-10-21-14(12-19)15-17-5-4-13(18-15)11-16-6-9-20-2/h4-5,14,16H,3,6-12H2,1-2H3. The Morgan fingerprint density at radius 3 is 3.24 bits per heavy atom. The van der Waals surface area contributed by atoms with E-state index in [0.29, 0.717) is 6.61 Å². The van der Waals surface area contributed by atoms with E-state index in [2.05, 4.69) is 27.1 Å². The first kappa shape index (κ1) is 16.3. The first-order chi connectivity index (χ1) is 10.3. The Balaban J connectivity index is 1.90. The van der Waals surface area contributed by atoms with Gasteiger partial charge in [0.05, 0.1) is 18.9 Å². The van der Waals surface area contributed by atoms with E-state index in [1.807, 2.05) is 12.3 Å². The van der Waals surface area contributed by atoms with Crippen molar-refractivity contribution in [1.29, 1.82) is 0 Å². The maximum Gasteiger partial charge on any atom is 0.158 e. The Morgan fingerprint density at radius 2 is 2.43 bits per heavy atom. The van der Waals surface area contributed by atoms with Crippen LogP contribution in [0, 0.1) is 0 Å². The fraction of sp³-hybridized carbons (Fsp3) is 0.733. The molecule has 21 heavy (non-hydrogen) atoms. The van der Waals surface area contributed by atoms with Crippen LogP contribution in [0.3, 0.4) is 0 Å². The van der Waals surface area contributed by atoms with Crippen molar-refractivity contribution in [2.24, 2.45) is 0 Å². The van der Waals surface area contributed by atoms with Crippen molar-refractivity contribution >= 4 is 0 Å². The van der Waals surface area contributed by atoms with Crippen LogP contribution >= 0.6 is 0 Å². The third-order valence-corrected chi connectivity index (χ3v) is 3.50. The first-order valence-electron chi connectivity index (χ1n) is 7.69. The molecule has 1 N–H and O–H groups in total. The zero-order valence-electron chi connectivity index (χ0n) is 13.0. The van der Waals surface area contributed by atoms with E-state index >= 15 is 0 Å². The van der Waals surface area contributed by atoms with Crippen LogP contribution in [0.25, 0.3) is 0 Å². The van der Waals surface area contributed by atoms with Crippen molar-refractivity contribution in [2.45, 2.75) is 26.0 Å². The summed E-state index contributed by atoms with van der Waals surface area (Å²) in [4.78, 5) is 11.4. The maximum absolute atomic E-state index is 5.83. The van der Waals surface area contributed by atoms with Gasteiger partial charge in [-0.15, -0.1) is 0 Å². The second-order valence-corrected chi connectivity index (χ2v) is 5.24. The van der Waals surface area contributed by atoms with Gasteiger partial charge in [0, 0.05) is 39.5 Å². The summed E-state index contributed by atoms with van der Waals surface area (Å²) in [5.41, 5.74) is 0.993. The maximum atomic E-state index is 5.83. The van der Waals surface area contributed by atoms with Gasteiger partial charge >= 0.3 is 0 Å². The van der Waals surface area contributed by atoms with Crippen LogP contribution in [0.4, 0.5) is 0 Å². The van der Waals surface area contributed by atoms with E-state index in [1.165, 1.54) is 0 Å². The van der Waals surface area contributed by atoms with Crippen molar-refractivity contribution in [3.63, 3.8) is 0 Å². The van der Waals surface area contributed by atoms with Gasteiger partial charge in [-0.3, -0.25) is 4.90 Å². The molecule has 6 nitrogen and oxygen atoms in total. The molecular formula is C15H26N4O2. The molecule has 1 fully saturated rings. The number of ether oxygens (including phenoxy) is 2. The smallest absolute Gasteiger partial charge is 0.158 e. The zero-order chi connectivity index (χ0) is 14.9. The first-order valence-corrected chi connectivity index (χ1v) is 7.69. The highest BCUT2D eigenvalue weighted by atomic mass is 16.5. The SMILES string of the molecule is CCCN1CCOC(c2nccc(CNCCOC)n2)C1. The average Bonchev–Trinajstić information content (AvgIpc) is 2.53. The van der Waals surface area contributed by atoms with E-state index in [4.69, 9.17) is 9.47 Å². The molecule has 1 atom stereocenters. The largest absolute Gasteiger partial charge is 0.383 e. The number of hydrogen-bond acceptors (Lipinski definition) is 6. The van der Waals surface area contributed by atoms with E-state index in [-0.39, 0.29) is 6.10 Å². The molecule has 1 aliphatic rings. The Labute approximate surface area is 126 Å². The molecule has 1 saturated heterocycles. The topological polar surface area (TPSA) is 59.5 Å². The summed E-state index contributed by atoms with van der Waals surface area (Å²) in [6.45, 7) is 8.20. The van der Waals surface area contributed by atoms with Crippen LogP contribution in [0.2, 0.25) is 0 Å². The van der Waals surface area contributed by atoms with Gasteiger partial charge in [-0.1, -0.05) is 6.92 Å². The Bertz CT molecular complexity index is 414. The van der Waals surface area contributed by atoms with Crippen LogP contribution in [0.1, 0.15) is 31.0 Å². The van der Waals surface area contributed by atoms with Gasteiger partial charge in [-0.2, -0.15) is 0 Å². The van der Waals surface area contributed by atoms with Crippen molar-refractivity contribution < 1.29 is 9.47 Å². The summed E-state index contributed by atoms with van der Waals surface area (Å²) in [7, 11) is 1.70. The van der Waals surface area contributed by atoms with E-state index in [1.54, 1.807) is 7.11 Å². The Morgan fingerprint density at radius 1 is 1.52 bits per heavy atom. The van der Waals surface area contributed by atoms with Crippen LogP contribution in [0.5, 0.6) is 0 Å². The molecule has 1 aromatic heterocycles. The summed E-state index contributed by atoms with van der Waals surface area (Å²) in [6.07, 6.45) is 2.97. The number of morpholine rings is 1. The van der Waals surface area contributed by atoms with Gasteiger partial charge in [0.15, 0.2) is 5.82 Å². The minimum Gasteiger partial charge on any atom is -0.383 e. The number of rotatable bonds is 8. The lowest BCUT2D eigenvalue weighted by Gasteiger charge is -2.31. The molecule has 0 aromatic carbocycles. The van der Waals surface area contributed by atoms with Crippen LogP contribution in [-0.4, -0.2) is 61.4 Å². The lowest BCUT2D eigenvalue weighted by atomic mass is 10.2. The van der Waals surface area contributed by atoms with Crippen LogP contribution < -0.4 is 5.32 Å². The van der Waals surface area contributed by atoms with Gasteiger partial charge in [-0.05, 0) is 19.0 Å². The molecule has 1 aromatic rings. The predicted molar refractivity (Wildman–Crippen MR) is 81.0 cm³/mol. The Kier molecular flexibility index (Phi) is 7.02. The second kappa shape index (κ2) is 9.04. The summed E-state index contributed by atoms with van der Waals surface area (Å²) in [6, 6.07) is 1.94. The highest BCUT2D eigenvalue weighted by molar-refractivity contribution is 5.05. The number of methoxy groups -OCH3 is 1. The summed E-state index contributed by atoms with van der Waals surface area (Å²) < 4.78 is 10.8. The number of hydrogen-bond donors (Lipinski definition) is 1. The van der Waals surface area contributed by atoms with Crippen molar-refractivity contribution in [1.82, 2.24) is 20.2 Å². The number of aromatic nitrogens is 2. The minimum atomic E-state index is -0.00998. The predicted octanol–water partition coefficient (Wildman–Crippen LogP) is 0.996. The minimum absolute atomic E-state index is 0.00998. The van der Waals surface area contributed by atoms with Gasteiger partial charge in [0.25, 0.3) is 0 Å². The Hall–Kier alpha value is -1.08. The molecule has 1 unspecified atom stereocenters. The van der Waals surface area contributed by atoms with Gasteiger partial charge in [0.2, 0.25) is 0 Å². The van der Waals surface area contributed by atoms with Crippen LogP contribution in [-0.2, 0) is 16.0 Å². The summed E-state index contributed by atoms with van der Waals surface area (Å²) in [5, 5.41) is 3.30. The van der Waals surface area contributed by atoms with Crippen molar-refractivity contribution in [3.05, 3.63) is 23.8 Å². The normalized spacial score (nSPS) is 19.8. The summed E-state index contributed by atoms with van der Waals surface area (Å²) >= 11 is 0. The second-order valence-electron chi connectivity index (χ2n) is 5.24. The van der Waals surface area contributed by atoms with E-state index in [9.17, 15) is 0 Å². The quantitative estimate of drug-likeness (QED) is 0.722. The molecule has 0 spiro atoms. The average molecular weight is 294 g/mol. The highest BCUT2D eigenvalue weighted by Crippen LogP contribution is 2.19. The monoisotopic (exact) mass is 294 g/mol. The highest BCUT2D eigenvalue weighted by Gasteiger charge is 2.23. The fourth-order valence-corrected chi connectivity index (χ4v) is 2.44. The zero-order valence-corrected chi connectivity index (χ0v) is 13.0. The van der Waals surface area contributed by atoms with E-state index < -0.39 is 0 Å². The van der Waals surface area contributed by atoms with Crippen molar-refractivity contribution in [3.8, 4) is 0 Å². The van der Waals surface area contributed by atoms with Crippen molar-refractivity contribution in [2.75, 3.05) is 46.5 Å². The summed E-state index contributed by atoms with van der Waals surface area (Å²) in [5.74, 6) is 0.793. The van der Waals surface area contributed by atoms with Gasteiger partial charge in [0.1, 0.15) is 6.10 Å². The molecule has 118 valence electrons. The molecule has 0 aliphatic carbocycles. The van der Waals surface area contributed by atoms with Gasteiger partial charge in [-0.25, -0.2) is 9.97 Å². The fourth-order valence-electron chi connectivity index (χ4n) is 2.44. The molecule has 0 saturated carbocycles. The van der Waals surface area contributed by atoms with Gasteiger partial charge < -0.3 is 14.8 Å². The molecule has 6 heteroatoms. The van der Waals surface area contributed by atoms with E-state index in [0.717, 1.165) is 57.3 Å². The molecule has 0 radical (unpaired) electrons.